The average Bonchev–Trinajstić information content (AvgIpc) is 2.35. The van der Waals surface area contributed by atoms with Crippen molar-refractivity contribution >= 4 is 5.78 Å². The molecule has 0 saturated heterocycles. The normalized spacial score (nSPS) is 38.0. The van der Waals surface area contributed by atoms with Crippen molar-refractivity contribution in [2.24, 2.45) is 11.8 Å². The Hall–Kier alpha value is -0.850. The molecule has 46 valence electrons. The van der Waals surface area contributed by atoms with Crippen LogP contribution in [0.2, 0.25) is 0 Å². The highest BCUT2D eigenvalue weighted by Crippen LogP contribution is 2.31. The molecule has 0 radical (unpaired) electrons. The molecule has 0 heterocycles. The number of carbonyl (C=O) groups excluding carboxylic acids is 1. The monoisotopic (exact) mass is 120 g/mol. The Bertz CT molecular complexity index is 201. The number of fused-ring (bicyclic) bond motifs is 1. The first-order valence-electron chi connectivity index (χ1n) is 3.26. The number of allylic oxidation sites excluding steroid dienone is 4. The molecule has 0 unspecified atom stereocenters. The van der Waals surface area contributed by atoms with Gasteiger partial charge in [-0.1, -0.05) is 18.2 Å². The van der Waals surface area contributed by atoms with Crippen molar-refractivity contribution in [2.45, 2.75) is 6.42 Å². The van der Waals surface area contributed by atoms with Crippen molar-refractivity contribution in [1.29, 1.82) is 0 Å². The minimum Gasteiger partial charge on any atom is -0.294 e. The maximum Gasteiger partial charge on any atom is 0.162 e. The maximum absolute atomic E-state index is 10.9. The van der Waals surface area contributed by atoms with Crippen molar-refractivity contribution in [1.82, 2.24) is 0 Å². The summed E-state index contributed by atoms with van der Waals surface area (Å²) in [6, 6.07) is 0. The summed E-state index contributed by atoms with van der Waals surface area (Å²) < 4.78 is 0. The predicted octanol–water partition coefficient (Wildman–Crippen LogP) is 1.32. The number of rotatable bonds is 0. The van der Waals surface area contributed by atoms with Gasteiger partial charge in [0.05, 0.1) is 0 Å². The zero-order valence-corrected chi connectivity index (χ0v) is 5.08. The third kappa shape index (κ3) is 0.576. The molecular formula is C8H8O. The summed E-state index contributed by atoms with van der Waals surface area (Å²) in [6.45, 7) is 0. The van der Waals surface area contributed by atoms with Gasteiger partial charge in [-0.05, 0) is 18.4 Å². The van der Waals surface area contributed by atoms with Gasteiger partial charge in [-0.2, -0.15) is 0 Å². The number of hydrogen-bond acceptors (Lipinski definition) is 1. The molecular weight excluding hydrogens is 112 g/mol. The van der Waals surface area contributed by atoms with E-state index in [0.29, 0.717) is 5.92 Å². The lowest BCUT2D eigenvalue weighted by molar-refractivity contribution is -0.116. The minimum atomic E-state index is 0.213. The molecule has 0 aromatic carbocycles. The standard InChI is InChI=1S/C8H8O/c9-8-5-4-6-2-1-3-7(6)8/h1,3-7H,2H2/t6-,7-/m1/s1. The fourth-order valence-electron chi connectivity index (χ4n) is 1.51. The van der Waals surface area contributed by atoms with Gasteiger partial charge in [0.2, 0.25) is 0 Å². The van der Waals surface area contributed by atoms with Gasteiger partial charge < -0.3 is 0 Å². The van der Waals surface area contributed by atoms with Crippen LogP contribution < -0.4 is 0 Å². The van der Waals surface area contributed by atoms with Gasteiger partial charge in [0.25, 0.3) is 0 Å². The summed E-state index contributed by atoms with van der Waals surface area (Å²) >= 11 is 0. The van der Waals surface area contributed by atoms with Gasteiger partial charge in [-0.3, -0.25) is 4.79 Å². The molecule has 2 aliphatic carbocycles. The third-order valence-corrected chi connectivity index (χ3v) is 2.05. The van der Waals surface area contributed by atoms with E-state index in [0.717, 1.165) is 6.42 Å². The fraction of sp³-hybridized carbons (Fsp3) is 0.375. The van der Waals surface area contributed by atoms with Gasteiger partial charge in [0.15, 0.2) is 5.78 Å². The topological polar surface area (TPSA) is 17.1 Å². The number of ketones is 1. The molecule has 0 bridgehead atoms. The zero-order valence-electron chi connectivity index (χ0n) is 5.08. The Kier molecular flexibility index (Phi) is 0.865. The third-order valence-electron chi connectivity index (χ3n) is 2.05. The molecule has 0 fully saturated rings. The number of carbonyl (C=O) groups is 1. The van der Waals surface area contributed by atoms with Crippen LogP contribution in [-0.2, 0) is 4.79 Å². The van der Waals surface area contributed by atoms with E-state index in [1.165, 1.54) is 0 Å². The number of hydrogen-bond donors (Lipinski definition) is 0. The molecule has 0 spiro atoms. The van der Waals surface area contributed by atoms with Crippen LogP contribution in [0.15, 0.2) is 24.3 Å². The Morgan fingerprint density at radius 1 is 1.44 bits per heavy atom. The van der Waals surface area contributed by atoms with E-state index in [1.54, 1.807) is 6.08 Å². The molecule has 9 heavy (non-hydrogen) atoms. The molecule has 0 aromatic heterocycles. The second-order valence-electron chi connectivity index (χ2n) is 2.61. The summed E-state index contributed by atoms with van der Waals surface area (Å²) in [5, 5.41) is 0. The quantitative estimate of drug-likeness (QED) is 0.440. The van der Waals surface area contributed by atoms with Crippen LogP contribution in [0.5, 0.6) is 0 Å². The first-order valence-corrected chi connectivity index (χ1v) is 3.26. The Morgan fingerprint density at radius 3 is 3.11 bits per heavy atom. The molecule has 0 aliphatic heterocycles. The first kappa shape index (κ1) is 4.98. The molecule has 2 atom stereocenters. The average molecular weight is 120 g/mol. The van der Waals surface area contributed by atoms with E-state index in [1.807, 2.05) is 12.2 Å². The van der Waals surface area contributed by atoms with Gasteiger partial charge in [0, 0.05) is 5.92 Å². The predicted molar refractivity (Wildman–Crippen MR) is 34.9 cm³/mol. The van der Waals surface area contributed by atoms with Crippen molar-refractivity contribution < 1.29 is 4.79 Å². The van der Waals surface area contributed by atoms with Crippen LogP contribution in [0, 0.1) is 11.8 Å². The second-order valence-corrected chi connectivity index (χ2v) is 2.61. The van der Waals surface area contributed by atoms with Crippen LogP contribution in [0.25, 0.3) is 0 Å². The van der Waals surface area contributed by atoms with Crippen LogP contribution in [-0.4, -0.2) is 5.78 Å². The van der Waals surface area contributed by atoms with Gasteiger partial charge in [0.1, 0.15) is 0 Å². The van der Waals surface area contributed by atoms with Crippen molar-refractivity contribution in [3.8, 4) is 0 Å². The lowest BCUT2D eigenvalue weighted by Gasteiger charge is -2.02. The summed E-state index contributed by atoms with van der Waals surface area (Å²) in [6.07, 6.45) is 8.91. The lowest BCUT2D eigenvalue weighted by atomic mass is 9.99. The second kappa shape index (κ2) is 1.56. The smallest absolute Gasteiger partial charge is 0.162 e. The molecule has 0 amide bonds. The van der Waals surface area contributed by atoms with Crippen LogP contribution in [0.1, 0.15) is 6.42 Å². The van der Waals surface area contributed by atoms with E-state index < -0.39 is 0 Å². The van der Waals surface area contributed by atoms with Crippen molar-refractivity contribution in [3.63, 3.8) is 0 Å². The highest BCUT2D eigenvalue weighted by molar-refractivity contribution is 5.96. The van der Waals surface area contributed by atoms with E-state index >= 15 is 0 Å². The molecule has 0 aromatic rings. The van der Waals surface area contributed by atoms with E-state index in [2.05, 4.69) is 6.08 Å². The van der Waals surface area contributed by atoms with Crippen LogP contribution in [0.3, 0.4) is 0 Å². The lowest BCUT2D eigenvalue weighted by Crippen LogP contribution is -2.07. The van der Waals surface area contributed by atoms with Crippen LogP contribution in [0.4, 0.5) is 0 Å². The van der Waals surface area contributed by atoms with Gasteiger partial charge >= 0.3 is 0 Å². The minimum absolute atomic E-state index is 0.213. The SMILES string of the molecule is O=C1C=C[C@H]2CC=C[C@@H]12. The summed E-state index contributed by atoms with van der Waals surface area (Å²) in [7, 11) is 0. The molecule has 1 heteroatoms. The maximum atomic E-state index is 10.9. The summed E-state index contributed by atoms with van der Waals surface area (Å²) in [4.78, 5) is 10.9. The largest absolute Gasteiger partial charge is 0.294 e. The molecule has 0 N–H and O–H groups in total. The highest BCUT2D eigenvalue weighted by Gasteiger charge is 2.29. The zero-order chi connectivity index (χ0) is 6.27. The van der Waals surface area contributed by atoms with Crippen molar-refractivity contribution in [3.05, 3.63) is 24.3 Å². The Balaban J connectivity index is 2.31. The molecule has 2 aliphatic rings. The Labute approximate surface area is 54.1 Å². The molecule has 1 nitrogen and oxygen atoms in total. The summed E-state index contributed by atoms with van der Waals surface area (Å²) in [5.41, 5.74) is 0. The fourth-order valence-corrected chi connectivity index (χ4v) is 1.51. The molecule has 2 rings (SSSR count). The summed E-state index contributed by atoms with van der Waals surface area (Å²) in [5.74, 6) is 1.01. The van der Waals surface area contributed by atoms with Gasteiger partial charge in [-0.25, -0.2) is 0 Å². The van der Waals surface area contributed by atoms with E-state index in [-0.39, 0.29) is 11.7 Å². The first-order chi connectivity index (χ1) is 4.38. The van der Waals surface area contributed by atoms with E-state index in [9.17, 15) is 4.79 Å². The van der Waals surface area contributed by atoms with Gasteiger partial charge in [-0.15, -0.1) is 0 Å². The van der Waals surface area contributed by atoms with Crippen molar-refractivity contribution in [2.75, 3.05) is 0 Å². The molecule has 0 saturated carbocycles. The Morgan fingerprint density at radius 2 is 2.33 bits per heavy atom. The van der Waals surface area contributed by atoms with E-state index in [4.69, 9.17) is 0 Å². The van der Waals surface area contributed by atoms with Crippen LogP contribution >= 0.6 is 0 Å². The highest BCUT2D eigenvalue weighted by atomic mass is 16.1.